The molecule has 0 saturated carbocycles. The third-order valence-electron chi connectivity index (χ3n) is 4.60. The Labute approximate surface area is 174 Å². The fourth-order valence-corrected chi connectivity index (χ4v) is 3.31. The Hall–Kier alpha value is -3.93. The summed E-state index contributed by atoms with van der Waals surface area (Å²) < 4.78 is 5.03. The highest BCUT2D eigenvalue weighted by atomic mass is 16.5. The maximum absolute atomic E-state index is 12.9. The van der Waals surface area contributed by atoms with E-state index < -0.39 is 29.7 Å². The molecule has 0 radical (unpaired) electrons. The zero-order valence-electron chi connectivity index (χ0n) is 16.4. The van der Waals surface area contributed by atoms with Crippen molar-refractivity contribution >= 4 is 17.8 Å². The van der Waals surface area contributed by atoms with Crippen molar-refractivity contribution in [1.29, 1.82) is 0 Å². The molecule has 3 aromatic carbocycles. The molecular formula is C24H22N2O4. The molecule has 0 bridgehead atoms. The lowest BCUT2D eigenvalue weighted by Gasteiger charge is -2.27. The van der Waals surface area contributed by atoms with E-state index in [-0.39, 0.29) is 11.3 Å². The van der Waals surface area contributed by atoms with Gasteiger partial charge in [-0.1, -0.05) is 66.7 Å². The van der Waals surface area contributed by atoms with E-state index in [1.165, 1.54) is 13.0 Å². The largest absolute Gasteiger partial charge is 0.427 e. The second-order valence-electron chi connectivity index (χ2n) is 6.77. The second kappa shape index (κ2) is 9.52. The first-order chi connectivity index (χ1) is 14.5. The number of hydrogen-bond donors (Lipinski definition) is 2. The fourth-order valence-electron chi connectivity index (χ4n) is 3.31. The number of rotatable bonds is 7. The molecule has 2 amide bonds. The van der Waals surface area contributed by atoms with Crippen LogP contribution in [0.5, 0.6) is 5.75 Å². The SMILES string of the molecule is CC(=O)Oc1cccc(C(=O)N[C@@H](C(N)=O)C(c2ccccc2)c2ccccc2)c1. The van der Waals surface area contributed by atoms with Crippen LogP contribution in [0.15, 0.2) is 84.9 Å². The van der Waals surface area contributed by atoms with E-state index in [0.29, 0.717) is 0 Å². The number of nitrogens with one attached hydrogen (secondary N) is 1. The Morgan fingerprint density at radius 3 is 1.90 bits per heavy atom. The highest BCUT2D eigenvalue weighted by Gasteiger charge is 2.31. The molecule has 0 aliphatic carbocycles. The fraction of sp³-hybridized carbons (Fsp3) is 0.125. The van der Waals surface area contributed by atoms with Gasteiger partial charge in [0.1, 0.15) is 11.8 Å². The van der Waals surface area contributed by atoms with Gasteiger partial charge in [-0.15, -0.1) is 0 Å². The van der Waals surface area contributed by atoms with E-state index in [1.54, 1.807) is 18.2 Å². The molecule has 30 heavy (non-hydrogen) atoms. The number of hydrogen-bond acceptors (Lipinski definition) is 4. The Morgan fingerprint density at radius 1 is 0.833 bits per heavy atom. The average Bonchev–Trinajstić information content (AvgIpc) is 2.74. The molecule has 0 heterocycles. The number of carbonyl (C=O) groups is 3. The first kappa shape index (κ1) is 20.8. The van der Waals surface area contributed by atoms with Crippen molar-refractivity contribution in [3.8, 4) is 5.75 Å². The number of primary amides is 1. The van der Waals surface area contributed by atoms with Crippen LogP contribution in [0.4, 0.5) is 0 Å². The number of carbonyl (C=O) groups excluding carboxylic acids is 3. The monoisotopic (exact) mass is 402 g/mol. The van der Waals surface area contributed by atoms with Gasteiger partial charge in [-0.05, 0) is 29.3 Å². The minimum atomic E-state index is -0.986. The first-order valence-corrected chi connectivity index (χ1v) is 9.44. The zero-order valence-corrected chi connectivity index (χ0v) is 16.4. The maximum atomic E-state index is 12.9. The minimum Gasteiger partial charge on any atom is -0.427 e. The summed E-state index contributed by atoms with van der Waals surface area (Å²) >= 11 is 0. The highest BCUT2D eigenvalue weighted by Crippen LogP contribution is 2.28. The number of esters is 1. The Kier molecular flexibility index (Phi) is 6.60. The van der Waals surface area contributed by atoms with Gasteiger partial charge in [0.2, 0.25) is 5.91 Å². The van der Waals surface area contributed by atoms with Crippen LogP contribution in [0.2, 0.25) is 0 Å². The summed E-state index contributed by atoms with van der Waals surface area (Å²) in [6.45, 7) is 1.28. The van der Waals surface area contributed by atoms with Gasteiger partial charge in [0.25, 0.3) is 5.91 Å². The van der Waals surface area contributed by atoms with Crippen LogP contribution in [0.3, 0.4) is 0 Å². The predicted octanol–water partition coefficient (Wildman–Crippen LogP) is 3.03. The van der Waals surface area contributed by atoms with Crippen molar-refractivity contribution in [1.82, 2.24) is 5.32 Å². The van der Waals surface area contributed by atoms with Gasteiger partial charge < -0.3 is 15.8 Å². The van der Waals surface area contributed by atoms with Gasteiger partial charge in [0, 0.05) is 18.4 Å². The van der Waals surface area contributed by atoms with Gasteiger partial charge in [-0.25, -0.2) is 0 Å². The lowest BCUT2D eigenvalue weighted by Crippen LogP contribution is -2.48. The van der Waals surface area contributed by atoms with E-state index >= 15 is 0 Å². The molecule has 152 valence electrons. The molecule has 3 N–H and O–H groups in total. The van der Waals surface area contributed by atoms with E-state index in [4.69, 9.17) is 10.5 Å². The Bertz CT molecular complexity index is 996. The van der Waals surface area contributed by atoms with Crippen molar-refractivity contribution in [3.63, 3.8) is 0 Å². The van der Waals surface area contributed by atoms with E-state index in [1.807, 2.05) is 60.7 Å². The number of nitrogens with two attached hydrogens (primary N) is 1. The Morgan fingerprint density at radius 2 is 1.40 bits per heavy atom. The van der Waals surface area contributed by atoms with Gasteiger partial charge in [0.05, 0.1) is 0 Å². The van der Waals surface area contributed by atoms with Gasteiger partial charge >= 0.3 is 5.97 Å². The van der Waals surface area contributed by atoms with Gasteiger partial charge in [-0.2, -0.15) is 0 Å². The topological polar surface area (TPSA) is 98.5 Å². The standard InChI is InChI=1S/C24H22N2O4/c1-16(27)30-20-14-8-13-19(15-20)24(29)26-22(23(25)28)21(17-9-4-2-5-10-17)18-11-6-3-7-12-18/h2-15,21-22H,1H3,(H2,25,28)(H,26,29)/t22-/m1/s1. The maximum Gasteiger partial charge on any atom is 0.308 e. The molecule has 1 atom stereocenters. The van der Waals surface area contributed by atoms with Crippen molar-refractivity contribution in [2.75, 3.05) is 0 Å². The highest BCUT2D eigenvalue weighted by molar-refractivity contribution is 5.98. The van der Waals surface area contributed by atoms with Crippen LogP contribution < -0.4 is 15.8 Å². The van der Waals surface area contributed by atoms with Crippen LogP contribution in [0, 0.1) is 0 Å². The van der Waals surface area contributed by atoms with Crippen LogP contribution in [-0.4, -0.2) is 23.8 Å². The van der Waals surface area contributed by atoms with Crippen LogP contribution in [-0.2, 0) is 9.59 Å². The lowest BCUT2D eigenvalue weighted by molar-refractivity contribution is -0.131. The lowest BCUT2D eigenvalue weighted by atomic mass is 9.84. The van der Waals surface area contributed by atoms with Gasteiger partial charge in [0.15, 0.2) is 0 Å². The zero-order chi connectivity index (χ0) is 21.5. The van der Waals surface area contributed by atoms with E-state index in [9.17, 15) is 14.4 Å². The molecule has 0 spiro atoms. The predicted molar refractivity (Wildman–Crippen MR) is 113 cm³/mol. The minimum absolute atomic E-state index is 0.244. The van der Waals surface area contributed by atoms with Crippen LogP contribution in [0.1, 0.15) is 34.3 Å². The van der Waals surface area contributed by atoms with Crippen LogP contribution >= 0.6 is 0 Å². The smallest absolute Gasteiger partial charge is 0.308 e. The van der Waals surface area contributed by atoms with Crippen molar-refractivity contribution in [2.24, 2.45) is 5.73 Å². The summed E-state index contributed by atoms with van der Waals surface area (Å²) in [5, 5.41) is 2.76. The summed E-state index contributed by atoms with van der Waals surface area (Å²) in [4.78, 5) is 36.5. The van der Waals surface area contributed by atoms with Crippen molar-refractivity contribution in [3.05, 3.63) is 102 Å². The summed E-state index contributed by atoms with van der Waals surface area (Å²) in [5.74, 6) is -1.86. The molecule has 0 saturated heterocycles. The first-order valence-electron chi connectivity index (χ1n) is 9.44. The van der Waals surface area contributed by atoms with E-state index in [0.717, 1.165) is 11.1 Å². The van der Waals surface area contributed by atoms with Crippen molar-refractivity contribution in [2.45, 2.75) is 18.9 Å². The molecule has 0 aliphatic rings. The molecular weight excluding hydrogens is 380 g/mol. The molecule has 0 fully saturated rings. The number of ether oxygens (including phenoxy) is 1. The molecule has 6 nitrogen and oxygen atoms in total. The third-order valence-corrected chi connectivity index (χ3v) is 4.60. The molecule has 3 rings (SSSR count). The molecule has 6 heteroatoms. The molecule has 0 aliphatic heterocycles. The van der Waals surface area contributed by atoms with Crippen LogP contribution in [0.25, 0.3) is 0 Å². The van der Waals surface area contributed by atoms with Gasteiger partial charge in [-0.3, -0.25) is 14.4 Å². The molecule has 0 unspecified atom stereocenters. The summed E-state index contributed by atoms with van der Waals surface area (Å²) in [5.41, 5.74) is 7.66. The number of amides is 2. The average molecular weight is 402 g/mol. The quantitative estimate of drug-likeness (QED) is 0.469. The third kappa shape index (κ3) is 5.11. The normalized spacial score (nSPS) is 11.5. The number of benzene rings is 3. The Balaban J connectivity index is 1.94. The molecule has 0 aromatic heterocycles. The second-order valence-corrected chi connectivity index (χ2v) is 6.77. The van der Waals surface area contributed by atoms with Crippen molar-refractivity contribution < 1.29 is 19.1 Å². The summed E-state index contributed by atoms with van der Waals surface area (Å²) in [7, 11) is 0. The summed E-state index contributed by atoms with van der Waals surface area (Å²) in [6.07, 6.45) is 0. The summed E-state index contributed by atoms with van der Waals surface area (Å²) in [6, 6.07) is 24.0. The van der Waals surface area contributed by atoms with E-state index in [2.05, 4.69) is 5.32 Å². The molecule has 3 aromatic rings.